The standard InChI is InChI=1S/C29H29Cl2N3O5S/c30-22-14-23(31)16-26(15-22)34-40(38,39)27-8-6-25(7-9-27)33-24-4-1-19(2-5-24)11-12-32-17-29(37)20-3-10-28(36)21(13-20)18-35/h1-10,13-16,29,32-37H,11-12,17-18H2. The highest BCUT2D eigenvalue weighted by Gasteiger charge is 2.15. The number of hydrogen-bond acceptors (Lipinski definition) is 7. The van der Waals surface area contributed by atoms with Crippen molar-refractivity contribution in [3.8, 4) is 5.75 Å². The zero-order chi connectivity index (χ0) is 28.7. The summed E-state index contributed by atoms with van der Waals surface area (Å²) in [7, 11) is -3.82. The molecular weight excluding hydrogens is 573 g/mol. The van der Waals surface area contributed by atoms with E-state index in [0.29, 0.717) is 34.3 Å². The largest absolute Gasteiger partial charge is 0.508 e. The first kappa shape index (κ1) is 29.7. The molecule has 6 N–H and O–H groups in total. The second-order valence-electron chi connectivity index (χ2n) is 9.13. The Bertz CT molecular complexity index is 1530. The second kappa shape index (κ2) is 13.4. The predicted molar refractivity (Wildman–Crippen MR) is 159 cm³/mol. The average molecular weight is 603 g/mol. The van der Waals surface area contributed by atoms with Gasteiger partial charge in [0.1, 0.15) is 5.75 Å². The van der Waals surface area contributed by atoms with Gasteiger partial charge >= 0.3 is 0 Å². The van der Waals surface area contributed by atoms with E-state index in [4.69, 9.17) is 23.2 Å². The van der Waals surface area contributed by atoms with Gasteiger partial charge in [-0.1, -0.05) is 41.4 Å². The zero-order valence-corrected chi connectivity index (χ0v) is 23.6. The Labute approximate surface area is 243 Å². The van der Waals surface area contributed by atoms with E-state index in [2.05, 4.69) is 15.4 Å². The minimum absolute atomic E-state index is 0.00244. The molecule has 0 bridgehead atoms. The first-order valence-corrected chi connectivity index (χ1v) is 14.6. The lowest BCUT2D eigenvalue weighted by molar-refractivity contribution is 0.174. The maximum Gasteiger partial charge on any atom is 0.261 e. The highest BCUT2D eigenvalue weighted by Crippen LogP contribution is 2.26. The summed E-state index contributed by atoms with van der Waals surface area (Å²) in [6.07, 6.45) is -0.00744. The molecule has 0 amide bonds. The van der Waals surface area contributed by atoms with Crippen molar-refractivity contribution in [2.45, 2.75) is 24.0 Å². The minimum atomic E-state index is -3.82. The zero-order valence-electron chi connectivity index (χ0n) is 21.3. The number of aliphatic hydroxyl groups is 2. The number of nitrogens with one attached hydrogen (secondary N) is 3. The van der Waals surface area contributed by atoms with E-state index in [9.17, 15) is 23.7 Å². The van der Waals surface area contributed by atoms with E-state index >= 15 is 0 Å². The Morgan fingerprint density at radius 3 is 2.05 bits per heavy atom. The minimum Gasteiger partial charge on any atom is -0.508 e. The summed E-state index contributed by atoms with van der Waals surface area (Å²) in [6.45, 7) is 0.694. The van der Waals surface area contributed by atoms with Gasteiger partial charge in [0.05, 0.1) is 23.3 Å². The van der Waals surface area contributed by atoms with Gasteiger partial charge in [-0.15, -0.1) is 0 Å². The number of anilines is 3. The molecule has 40 heavy (non-hydrogen) atoms. The van der Waals surface area contributed by atoms with Crippen molar-refractivity contribution in [1.29, 1.82) is 0 Å². The molecule has 11 heteroatoms. The Morgan fingerprint density at radius 1 is 0.800 bits per heavy atom. The van der Waals surface area contributed by atoms with Crippen LogP contribution in [0.2, 0.25) is 10.0 Å². The molecular formula is C29H29Cl2N3O5S. The maximum atomic E-state index is 12.7. The molecule has 0 fully saturated rings. The summed E-state index contributed by atoms with van der Waals surface area (Å²) in [5, 5.41) is 36.4. The lowest BCUT2D eigenvalue weighted by Crippen LogP contribution is -2.23. The second-order valence-corrected chi connectivity index (χ2v) is 11.7. The van der Waals surface area contributed by atoms with Crippen LogP contribution in [0.5, 0.6) is 5.75 Å². The molecule has 1 atom stereocenters. The Balaban J connectivity index is 1.26. The van der Waals surface area contributed by atoms with Crippen molar-refractivity contribution in [1.82, 2.24) is 5.32 Å². The number of benzene rings is 4. The molecule has 0 heterocycles. The molecule has 0 aliphatic heterocycles. The third-order valence-corrected chi connectivity index (χ3v) is 7.94. The van der Waals surface area contributed by atoms with Gasteiger partial charge in [0.2, 0.25) is 0 Å². The van der Waals surface area contributed by atoms with Crippen molar-refractivity contribution >= 4 is 50.3 Å². The van der Waals surface area contributed by atoms with Crippen LogP contribution in [0.4, 0.5) is 17.1 Å². The number of aliphatic hydroxyl groups excluding tert-OH is 2. The maximum absolute atomic E-state index is 12.7. The molecule has 0 aromatic heterocycles. The smallest absolute Gasteiger partial charge is 0.261 e. The van der Waals surface area contributed by atoms with Crippen LogP contribution in [-0.2, 0) is 23.1 Å². The van der Waals surface area contributed by atoms with Crippen LogP contribution in [0.15, 0.2) is 89.8 Å². The van der Waals surface area contributed by atoms with Crippen LogP contribution in [-0.4, -0.2) is 36.8 Å². The molecule has 210 valence electrons. The molecule has 0 saturated carbocycles. The van der Waals surface area contributed by atoms with Gasteiger partial charge in [-0.2, -0.15) is 0 Å². The predicted octanol–water partition coefficient (Wildman–Crippen LogP) is 5.60. The molecule has 1 unspecified atom stereocenters. The Kier molecular flexibility index (Phi) is 9.91. The lowest BCUT2D eigenvalue weighted by atomic mass is 10.1. The normalized spacial score (nSPS) is 12.2. The summed E-state index contributed by atoms with van der Waals surface area (Å²) < 4.78 is 27.9. The summed E-state index contributed by atoms with van der Waals surface area (Å²) >= 11 is 11.9. The highest BCUT2D eigenvalue weighted by atomic mass is 35.5. The fourth-order valence-corrected chi connectivity index (χ4v) is 5.56. The topological polar surface area (TPSA) is 131 Å². The fraction of sp³-hybridized carbons (Fsp3) is 0.172. The Morgan fingerprint density at radius 2 is 1.43 bits per heavy atom. The lowest BCUT2D eigenvalue weighted by Gasteiger charge is -2.14. The molecule has 0 saturated heterocycles. The number of halogens is 2. The van der Waals surface area contributed by atoms with E-state index < -0.39 is 16.1 Å². The number of hydrogen-bond donors (Lipinski definition) is 6. The van der Waals surface area contributed by atoms with Crippen LogP contribution in [0.1, 0.15) is 22.8 Å². The monoisotopic (exact) mass is 601 g/mol. The van der Waals surface area contributed by atoms with Gasteiger partial charge < -0.3 is 26.0 Å². The average Bonchev–Trinajstić information content (AvgIpc) is 2.91. The quantitative estimate of drug-likeness (QED) is 0.116. The van der Waals surface area contributed by atoms with Gasteiger partial charge in [-0.25, -0.2) is 8.42 Å². The first-order valence-electron chi connectivity index (χ1n) is 12.4. The third-order valence-electron chi connectivity index (χ3n) is 6.11. The first-order chi connectivity index (χ1) is 19.1. The van der Waals surface area contributed by atoms with Crippen LogP contribution < -0.4 is 15.4 Å². The van der Waals surface area contributed by atoms with Crippen molar-refractivity contribution < 1.29 is 23.7 Å². The van der Waals surface area contributed by atoms with Crippen molar-refractivity contribution in [2.75, 3.05) is 23.1 Å². The SMILES string of the molecule is O=S(=O)(Nc1cc(Cl)cc(Cl)c1)c1ccc(Nc2ccc(CCNCC(O)c3ccc(O)c(CO)c3)cc2)cc1. The van der Waals surface area contributed by atoms with Crippen molar-refractivity contribution in [2.24, 2.45) is 0 Å². The van der Waals surface area contributed by atoms with E-state index in [1.54, 1.807) is 24.3 Å². The Hall–Kier alpha value is -3.31. The van der Waals surface area contributed by atoms with Crippen LogP contribution in [0.3, 0.4) is 0 Å². The molecule has 0 spiro atoms. The number of rotatable bonds is 12. The summed E-state index contributed by atoms with van der Waals surface area (Å²) in [6, 6.07) is 23.4. The van der Waals surface area contributed by atoms with E-state index in [0.717, 1.165) is 23.4 Å². The van der Waals surface area contributed by atoms with Gasteiger partial charge in [-0.05, 0) is 90.8 Å². The summed E-state index contributed by atoms with van der Waals surface area (Å²) in [5.41, 5.74) is 3.96. The number of aromatic hydroxyl groups is 1. The van der Waals surface area contributed by atoms with E-state index in [-0.39, 0.29) is 22.9 Å². The van der Waals surface area contributed by atoms with Crippen LogP contribution in [0.25, 0.3) is 0 Å². The number of phenols is 1. The van der Waals surface area contributed by atoms with Crippen molar-refractivity contribution in [3.05, 3.63) is 112 Å². The van der Waals surface area contributed by atoms with E-state index in [1.807, 2.05) is 24.3 Å². The van der Waals surface area contributed by atoms with Crippen LogP contribution in [0, 0.1) is 0 Å². The van der Waals surface area contributed by atoms with Gasteiger partial charge in [-0.3, -0.25) is 4.72 Å². The molecule has 0 aliphatic rings. The molecule has 0 radical (unpaired) electrons. The third kappa shape index (κ3) is 8.11. The van der Waals surface area contributed by atoms with Crippen molar-refractivity contribution in [3.63, 3.8) is 0 Å². The summed E-state index contributed by atoms with van der Waals surface area (Å²) in [5.74, 6) is 0.00244. The van der Waals surface area contributed by atoms with Gasteiger partial charge in [0, 0.05) is 33.5 Å². The number of sulfonamides is 1. The fourth-order valence-electron chi connectivity index (χ4n) is 3.99. The van der Waals surface area contributed by atoms with Gasteiger partial charge in [0.15, 0.2) is 0 Å². The molecule has 4 aromatic rings. The van der Waals surface area contributed by atoms with Gasteiger partial charge in [0.25, 0.3) is 10.0 Å². The molecule has 0 aliphatic carbocycles. The molecule has 4 rings (SSSR count). The molecule has 8 nitrogen and oxygen atoms in total. The summed E-state index contributed by atoms with van der Waals surface area (Å²) in [4.78, 5) is 0.0985. The van der Waals surface area contributed by atoms with E-state index in [1.165, 1.54) is 36.4 Å². The van der Waals surface area contributed by atoms with Crippen LogP contribution >= 0.6 is 23.2 Å². The molecule has 4 aromatic carbocycles. The highest BCUT2D eigenvalue weighted by molar-refractivity contribution is 7.92.